The van der Waals surface area contributed by atoms with Gasteiger partial charge in [-0.2, -0.15) is 0 Å². The minimum atomic E-state index is -0.966. The van der Waals surface area contributed by atoms with Gasteiger partial charge in [0.05, 0.1) is 5.69 Å². The number of hydrogen-bond donors (Lipinski definition) is 1. The summed E-state index contributed by atoms with van der Waals surface area (Å²) in [5, 5.41) is 3.60. The van der Waals surface area contributed by atoms with E-state index in [0.717, 1.165) is 0 Å². The number of amides is 1. The van der Waals surface area contributed by atoms with Crippen LogP contribution in [0.15, 0.2) is 4.52 Å². The zero-order chi connectivity index (χ0) is 11.6. The number of aromatic nitrogens is 1. The molecule has 1 aromatic rings. The van der Waals surface area contributed by atoms with Crippen molar-refractivity contribution in [1.29, 1.82) is 0 Å². The number of nitrogens with two attached hydrogens (primary N) is 1. The van der Waals surface area contributed by atoms with Gasteiger partial charge in [0.15, 0.2) is 6.10 Å². The van der Waals surface area contributed by atoms with E-state index >= 15 is 0 Å². The molecular formula is C9H12N2O4. The minimum Gasteiger partial charge on any atom is -0.449 e. The lowest BCUT2D eigenvalue weighted by Gasteiger charge is -2.08. The molecule has 0 aliphatic heterocycles. The van der Waals surface area contributed by atoms with Gasteiger partial charge in [-0.3, -0.25) is 4.79 Å². The lowest BCUT2D eigenvalue weighted by molar-refractivity contribution is -0.125. The summed E-state index contributed by atoms with van der Waals surface area (Å²) in [6.45, 7) is 4.60. The summed E-state index contributed by atoms with van der Waals surface area (Å²) in [5.41, 5.74) is 5.62. The van der Waals surface area contributed by atoms with E-state index in [-0.39, 0.29) is 5.56 Å². The maximum absolute atomic E-state index is 11.5. The average molecular weight is 212 g/mol. The number of primary amides is 1. The standard InChI is InChI=1S/C9H12N2O4/c1-4-7(5(2)15-11-4)9(13)14-6(3)8(10)12/h6H,1-3H3,(H2,10,12). The number of esters is 1. The summed E-state index contributed by atoms with van der Waals surface area (Å²) < 4.78 is 9.60. The van der Waals surface area contributed by atoms with Gasteiger partial charge >= 0.3 is 5.97 Å². The molecule has 0 radical (unpaired) electrons. The lowest BCUT2D eigenvalue weighted by atomic mass is 10.2. The average Bonchev–Trinajstić information content (AvgIpc) is 2.45. The molecule has 0 aromatic carbocycles. The number of carbonyl (C=O) groups is 2. The van der Waals surface area contributed by atoms with Crippen molar-refractivity contribution in [3.05, 3.63) is 17.0 Å². The van der Waals surface area contributed by atoms with E-state index in [1.165, 1.54) is 6.92 Å². The highest BCUT2D eigenvalue weighted by atomic mass is 16.5. The monoisotopic (exact) mass is 212 g/mol. The van der Waals surface area contributed by atoms with E-state index < -0.39 is 18.0 Å². The van der Waals surface area contributed by atoms with Crippen LogP contribution in [0.2, 0.25) is 0 Å². The molecule has 15 heavy (non-hydrogen) atoms. The lowest BCUT2D eigenvalue weighted by Crippen LogP contribution is -2.30. The van der Waals surface area contributed by atoms with Crippen LogP contribution in [-0.2, 0) is 9.53 Å². The third kappa shape index (κ3) is 2.34. The topological polar surface area (TPSA) is 95.4 Å². The quantitative estimate of drug-likeness (QED) is 0.728. The normalized spacial score (nSPS) is 12.2. The van der Waals surface area contributed by atoms with Crippen molar-refractivity contribution in [3.8, 4) is 0 Å². The number of aryl methyl sites for hydroxylation is 2. The molecule has 1 rings (SSSR count). The fourth-order valence-corrected chi connectivity index (χ4v) is 1.05. The van der Waals surface area contributed by atoms with Crippen molar-refractivity contribution >= 4 is 11.9 Å². The van der Waals surface area contributed by atoms with Gasteiger partial charge in [-0.1, -0.05) is 5.16 Å². The molecule has 6 heteroatoms. The molecule has 0 saturated carbocycles. The first-order chi connectivity index (χ1) is 6.93. The second kappa shape index (κ2) is 4.12. The second-order valence-corrected chi connectivity index (χ2v) is 3.15. The Kier molecular flexibility index (Phi) is 3.08. The number of nitrogens with zero attached hydrogens (tertiary/aromatic N) is 1. The molecule has 1 unspecified atom stereocenters. The van der Waals surface area contributed by atoms with Crippen LogP contribution < -0.4 is 5.73 Å². The number of hydrogen-bond acceptors (Lipinski definition) is 5. The first kappa shape index (κ1) is 11.2. The Labute approximate surface area is 86.4 Å². The van der Waals surface area contributed by atoms with Gasteiger partial charge in [0.1, 0.15) is 11.3 Å². The molecule has 1 atom stereocenters. The predicted octanol–water partition coefficient (Wildman–Crippen LogP) is 0.322. The summed E-state index contributed by atoms with van der Waals surface area (Å²) in [6.07, 6.45) is -0.966. The van der Waals surface area contributed by atoms with Gasteiger partial charge in [0.2, 0.25) is 0 Å². The zero-order valence-electron chi connectivity index (χ0n) is 8.73. The van der Waals surface area contributed by atoms with Crippen LogP contribution in [0.5, 0.6) is 0 Å². The van der Waals surface area contributed by atoms with Crippen LogP contribution in [0.25, 0.3) is 0 Å². The van der Waals surface area contributed by atoms with Crippen LogP contribution in [0.3, 0.4) is 0 Å². The number of rotatable bonds is 3. The maximum Gasteiger partial charge on any atom is 0.344 e. The van der Waals surface area contributed by atoms with E-state index in [2.05, 4.69) is 5.16 Å². The van der Waals surface area contributed by atoms with Crippen molar-refractivity contribution in [2.45, 2.75) is 26.9 Å². The molecule has 1 amide bonds. The Bertz CT molecular complexity index is 377. The van der Waals surface area contributed by atoms with Crippen LogP contribution in [0.1, 0.15) is 28.7 Å². The highest BCUT2D eigenvalue weighted by Crippen LogP contribution is 2.14. The molecule has 0 fully saturated rings. The van der Waals surface area contributed by atoms with E-state index in [9.17, 15) is 9.59 Å². The van der Waals surface area contributed by atoms with Crippen molar-refractivity contribution in [3.63, 3.8) is 0 Å². The van der Waals surface area contributed by atoms with Crippen LogP contribution in [0, 0.1) is 13.8 Å². The van der Waals surface area contributed by atoms with Crippen molar-refractivity contribution in [2.24, 2.45) is 5.73 Å². The van der Waals surface area contributed by atoms with Gasteiger partial charge in [-0.25, -0.2) is 4.79 Å². The molecule has 0 saturated heterocycles. The Hall–Kier alpha value is -1.85. The predicted molar refractivity (Wildman–Crippen MR) is 50.0 cm³/mol. The van der Waals surface area contributed by atoms with Crippen molar-refractivity contribution < 1.29 is 18.8 Å². The van der Waals surface area contributed by atoms with Gasteiger partial charge in [-0.05, 0) is 20.8 Å². The van der Waals surface area contributed by atoms with Crippen molar-refractivity contribution in [1.82, 2.24) is 5.16 Å². The number of ether oxygens (including phenoxy) is 1. The molecule has 1 heterocycles. The van der Waals surface area contributed by atoms with Gasteiger partial charge in [-0.15, -0.1) is 0 Å². The Balaban J connectivity index is 2.82. The molecule has 0 bridgehead atoms. The van der Waals surface area contributed by atoms with E-state index in [4.69, 9.17) is 15.0 Å². The van der Waals surface area contributed by atoms with E-state index in [0.29, 0.717) is 11.5 Å². The molecule has 82 valence electrons. The summed E-state index contributed by atoms with van der Waals surface area (Å²) >= 11 is 0. The SMILES string of the molecule is Cc1noc(C)c1C(=O)OC(C)C(N)=O. The van der Waals surface area contributed by atoms with Crippen LogP contribution in [-0.4, -0.2) is 23.1 Å². The second-order valence-electron chi connectivity index (χ2n) is 3.15. The smallest absolute Gasteiger partial charge is 0.344 e. The highest BCUT2D eigenvalue weighted by Gasteiger charge is 2.22. The fourth-order valence-electron chi connectivity index (χ4n) is 1.05. The van der Waals surface area contributed by atoms with E-state index in [1.807, 2.05) is 0 Å². The molecular weight excluding hydrogens is 200 g/mol. The summed E-state index contributed by atoms with van der Waals surface area (Å²) in [4.78, 5) is 22.2. The Morgan fingerprint density at radius 2 is 2.07 bits per heavy atom. The van der Waals surface area contributed by atoms with Crippen LogP contribution >= 0.6 is 0 Å². The van der Waals surface area contributed by atoms with E-state index in [1.54, 1.807) is 13.8 Å². The maximum atomic E-state index is 11.5. The van der Waals surface area contributed by atoms with Crippen molar-refractivity contribution in [2.75, 3.05) is 0 Å². The first-order valence-electron chi connectivity index (χ1n) is 4.36. The van der Waals surface area contributed by atoms with Gasteiger partial charge < -0.3 is 15.0 Å². The molecule has 6 nitrogen and oxygen atoms in total. The Morgan fingerprint density at radius 3 is 2.47 bits per heavy atom. The third-order valence-electron chi connectivity index (χ3n) is 1.92. The number of carbonyl (C=O) groups excluding carboxylic acids is 2. The van der Waals surface area contributed by atoms with Crippen LogP contribution in [0.4, 0.5) is 0 Å². The minimum absolute atomic E-state index is 0.239. The Morgan fingerprint density at radius 1 is 1.47 bits per heavy atom. The zero-order valence-corrected chi connectivity index (χ0v) is 8.73. The third-order valence-corrected chi connectivity index (χ3v) is 1.92. The largest absolute Gasteiger partial charge is 0.449 e. The summed E-state index contributed by atoms with van der Waals surface area (Å²) in [7, 11) is 0. The first-order valence-corrected chi connectivity index (χ1v) is 4.36. The van der Waals surface area contributed by atoms with Gasteiger partial charge in [0, 0.05) is 0 Å². The molecule has 1 aromatic heterocycles. The highest BCUT2D eigenvalue weighted by molar-refractivity contribution is 5.93. The fraction of sp³-hybridized carbons (Fsp3) is 0.444. The molecule has 0 spiro atoms. The molecule has 0 aliphatic carbocycles. The molecule has 0 aliphatic rings. The van der Waals surface area contributed by atoms with Gasteiger partial charge in [0.25, 0.3) is 5.91 Å². The molecule has 2 N–H and O–H groups in total. The summed E-state index contributed by atoms with van der Waals surface area (Å²) in [6, 6.07) is 0. The summed E-state index contributed by atoms with van der Waals surface area (Å²) in [5.74, 6) is -0.998.